The summed E-state index contributed by atoms with van der Waals surface area (Å²) in [5.41, 5.74) is 9.97. The monoisotopic (exact) mass is 339 g/mol. The van der Waals surface area contributed by atoms with Gasteiger partial charge in [-0.2, -0.15) is 0 Å². The number of aryl methyl sites for hydroxylation is 1. The molecule has 1 unspecified atom stereocenters. The number of anilines is 1. The van der Waals surface area contributed by atoms with Gasteiger partial charge in [-0.25, -0.2) is 0 Å². The van der Waals surface area contributed by atoms with Gasteiger partial charge in [0.1, 0.15) is 5.69 Å². The Labute approximate surface area is 148 Å². The summed E-state index contributed by atoms with van der Waals surface area (Å²) in [4.78, 5) is 30.0. The highest BCUT2D eigenvalue weighted by Gasteiger charge is 2.36. The quantitative estimate of drug-likeness (QED) is 0.895. The number of carbonyl (C=O) groups is 2. The zero-order chi connectivity index (χ0) is 18.3. The van der Waals surface area contributed by atoms with Gasteiger partial charge in [0.2, 0.25) is 0 Å². The molecule has 3 N–H and O–H groups in total. The number of hydrogen-bond donors (Lipinski definition) is 2. The topological polar surface area (TPSA) is 79.2 Å². The van der Waals surface area contributed by atoms with Gasteiger partial charge >= 0.3 is 0 Å². The summed E-state index contributed by atoms with van der Waals surface area (Å²) in [5.74, 6) is 0.169. The summed E-state index contributed by atoms with van der Waals surface area (Å²) in [6.07, 6.45) is 0.576. The number of nitrogens with two attached hydrogens (primary N) is 1. The highest BCUT2D eigenvalue weighted by molar-refractivity contribution is 6.09. The summed E-state index contributed by atoms with van der Waals surface area (Å²) in [6, 6.07) is 8.07. The van der Waals surface area contributed by atoms with Crippen LogP contribution in [0.1, 0.15) is 64.4 Å². The minimum Gasteiger partial charge on any atom is -0.366 e. The van der Waals surface area contributed by atoms with E-state index >= 15 is 0 Å². The second-order valence-corrected chi connectivity index (χ2v) is 7.02. The predicted molar refractivity (Wildman–Crippen MR) is 99.1 cm³/mol. The summed E-state index contributed by atoms with van der Waals surface area (Å²) in [5, 5.41) is 0. The Bertz CT molecular complexity index is 835. The lowest BCUT2D eigenvalue weighted by Gasteiger charge is -2.19. The number of H-pyrrole nitrogens is 1. The summed E-state index contributed by atoms with van der Waals surface area (Å²) < 4.78 is 0. The number of hydrogen-bond acceptors (Lipinski definition) is 2. The number of aromatic nitrogens is 1. The van der Waals surface area contributed by atoms with E-state index in [1.54, 1.807) is 6.92 Å². The highest BCUT2D eigenvalue weighted by Crippen LogP contribution is 2.41. The van der Waals surface area contributed by atoms with Gasteiger partial charge in [0.05, 0.1) is 5.56 Å². The first-order chi connectivity index (χ1) is 11.9. The fourth-order valence-corrected chi connectivity index (χ4v) is 3.88. The maximum absolute atomic E-state index is 13.3. The van der Waals surface area contributed by atoms with E-state index < -0.39 is 5.91 Å². The average Bonchev–Trinajstić information content (AvgIpc) is 3.12. The van der Waals surface area contributed by atoms with Crippen LogP contribution in [-0.4, -0.2) is 23.3 Å². The molecule has 5 nitrogen and oxygen atoms in total. The van der Waals surface area contributed by atoms with Gasteiger partial charge in [-0.1, -0.05) is 39.0 Å². The Morgan fingerprint density at radius 3 is 2.60 bits per heavy atom. The van der Waals surface area contributed by atoms with Crippen molar-refractivity contribution in [1.29, 1.82) is 0 Å². The lowest BCUT2D eigenvalue weighted by molar-refractivity contribution is 0.0981. The molecule has 0 radical (unpaired) electrons. The van der Waals surface area contributed by atoms with E-state index in [2.05, 4.69) is 24.9 Å². The van der Waals surface area contributed by atoms with Crippen molar-refractivity contribution in [3.63, 3.8) is 0 Å². The van der Waals surface area contributed by atoms with Crippen molar-refractivity contribution in [3.8, 4) is 0 Å². The molecule has 1 aromatic heterocycles. The molecule has 0 saturated carbocycles. The van der Waals surface area contributed by atoms with Crippen molar-refractivity contribution in [2.45, 2.75) is 40.0 Å². The third-order valence-electron chi connectivity index (χ3n) is 5.16. The van der Waals surface area contributed by atoms with Crippen molar-refractivity contribution in [2.75, 3.05) is 11.4 Å². The molecule has 3 rings (SSSR count). The van der Waals surface area contributed by atoms with Gasteiger partial charge in [0.25, 0.3) is 11.8 Å². The fraction of sp³-hybridized carbons (Fsp3) is 0.400. The van der Waals surface area contributed by atoms with Crippen LogP contribution in [0.5, 0.6) is 0 Å². The number of benzene rings is 1. The molecule has 0 fully saturated rings. The van der Waals surface area contributed by atoms with Crippen LogP contribution in [0.15, 0.2) is 24.3 Å². The molecule has 2 amide bonds. The number of para-hydroxylation sites is 1. The van der Waals surface area contributed by atoms with E-state index in [0.29, 0.717) is 47.3 Å². The minimum absolute atomic E-state index is 0.0944. The molecule has 25 heavy (non-hydrogen) atoms. The standard InChI is InChI=1S/C20H25N3O2/c1-5-13-17(19(21)24)12(4)22-18(13)20(25)23-10-15(11(2)3)14-8-6-7-9-16(14)23/h6-9,11,15,22H,5,10H2,1-4H3,(H2,21,24). The maximum atomic E-state index is 13.3. The zero-order valence-electron chi connectivity index (χ0n) is 15.2. The van der Waals surface area contributed by atoms with E-state index in [9.17, 15) is 9.59 Å². The molecule has 0 saturated heterocycles. The van der Waals surface area contributed by atoms with Gasteiger partial charge < -0.3 is 15.6 Å². The summed E-state index contributed by atoms with van der Waals surface area (Å²) >= 11 is 0. The Balaban J connectivity index is 2.06. The molecule has 5 heteroatoms. The van der Waals surface area contributed by atoms with Gasteiger partial charge in [0, 0.05) is 23.8 Å². The Morgan fingerprint density at radius 2 is 2.00 bits per heavy atom. The second-order valence-electron chi connectivity index (χ2n) is 7.02. The van der Waals surface area contributed by atoms with Crippen LogP contribution in [0.4, 0.5) is 5.69 Å². The molecule has 0 spiro atoms. The molecule has 0 aliphatic carbocycles. The molecule has 2 heterocycles. The number of aromatic amines is 1. The minimum atomic E-state index is -0.494. The number of carbonyl (C=O) groups excluding carboxylic acids is 2. The van der Waals surface area contributed by atoms with Crippen LogP contribution in [0, 0.1) is 12.8 Å². The molecule has 2 aromatic rings. The van der Waals surface area contributed by atoms with E-state index in [1.165, 1.54) is 5.56 Å². The number of nitrogens with one attached hydrogen (secondary N) is 1. The lowest BCUT2D eigenvalue weighted by Crippen LogP contribution is -2.31. The Hall–Kier alpha value is -2.56. The van der Waals surface area contributed by atoms with Crippen molar-refractivity contribution in [3.05, 3.63) is 52.3 Å². The van der Waals surface area contributed by atoms with Crippen molar-refractivity contribution in [2.24, 2.45) is 11.7 Å². The second kappa shape index (κ2) is 6.39. The Morgan fingerprint density at radius 1 is 1.32 bits per heavy atom. The molecule has 0 bridgehead atoms. The van der Waals surface area contributed by atoms with Gasteiger partial charge in [0.15, 0.2) is 0 Å². The first-order valence-electron chi connectivity index (χ1n) is 8.78. The molecule has 1 aliphatic rings. The number of fused-ring (bicyclic) bond motifs is 1. The van der Waals surface area contributed by atoms with Crippen molar-refractivity contribution in [1.82, 2.24) is 4.98 Å². The lowest BCUT2D eigenvalue weighted by atomic mass is 9.90. The molecule has 1 aliphatic heterocycles. The van der Waals surface area contributed by atoms with E-state index in [1.807, 2.05) is 30.0 Å². The zero-order valence-corrected chi connectivity index (χ0v) is 15.2. The van der Waals surface area contributed by atoms with Crippen LogP contribution in [0.2, 0.25) is 0 Å². The maximum Gasteiger partial charge on any atom is 0.275 e. The molecule has 132 valence electrons. The normalized spacial score (nSPS) is 16.4. The number of primary amides is 1. The molecule has 1 aromatic carbocycles. The van der Waals surface area contributed by atoms with E-state index in [0.717, 1.165) is 5.69 Å². The van der Waals surface area contributed by atoms with Gasteiger partial charge in [-0.05, 0) is 36.5 Å². The van der Waals surface area contributed by atoms with Gasteiger partial charge in [-0.15, -0.1) is 0 Å². The largest absolute Gasteiger partial charge is 0.366 e. The summed E-state index contributed by atoms with van der Waals surface area (Å²) in [6.45, 7) is 8.72. The van der Waals surface area contributed by atoms with Gasteiger partial charge in [-0.3, -0.25) is 9.59 Å². The van der Waals surface area contributed by atoms with Crippen LogP contribution < -0.4 is 10.6 Å². The molecular weight excluding hydrogens is 314 g/mol. The van der Waals surface area contributed by atoms with Crippen LogP contribution in [0.3, 0.4) is 0 Å². The predicted octanol–water partition coefficient (Wildman–Crippen LogP) is 3.38. The Kier molecular flexibility index (Phi) is 4.41. The van der Waals surface area contributed by atoms with Crippen LogP contribution in [0.25, 0.3) is 0 Å². The third kappa shape index (κ3) is 2.73. The number of rotatable bonds is 4. The SMILES string of the molecule is CCc1c(C(=O)N2CC(C(C)C)c3ccccc32)[nH]c(C)c1C(N)=O. The van der Waals surface area contributed by atoms with E-state index in [-0.39, 0.29) is 5.91 Å². The average molecular weight is 339 g/mol. The first-order valence-corrected chi connectivity index (χ1v) is 8.78. The van der Waals surface area contributed by atoms with Crippen LogP contribution >= 0.6 is 0 Å². The van der Waals surface area contributed by atoms with Crippen molar-refractivity contribution < 1.29 is 9.59 Å². The number of nitrogens with zero attached hydrogens (tertiary/aromatic N) is 1. The third-order valence-corrected chi connectivity index (χ3v) is 5.16. The summed E-state index contributed by atoms with van der Waals surface area (Å²) in [7, 11) is 0. The molecule has 1 atom stereocenters. The van der Waals surface area contributed by atoms with Crippen molar-refractivity contribution >= 4 is 17.5 Å². The molecular formula is C20H25N3O2. The number of amides is 2. The fourth-order valence-electron chi connectivity index (χ4n) is 3.88. The van der Waals surface area contributed by atoms with E-state index in [4.69, 9.17) is 5.73 Å². The first kappa shape index (κ1) is 17.3. The smallest absolute Gasteiger partial charge is 0.275 e. The van der Waals surface area contributed by atoms with Crippen LogP contribution in [-0.2, 0) is 6.42 Å². The highest BCUT2D eigenvalue weighted by atomic mass is 16.2.